The molecule has 5 heteroatoms. The molecule has 1 aromatic heterocycles. The van der Waals surface area contributed by atoms with Crippen LogP contribution in [0.5, 0.6) is 0 Å². The summed E-state index contributed by atoms with van der Waals surface area (Å²) in [4.78, 5) is 15.5. The lowest BCUT2D eigenvalue weighted by Crippen LogP contribution is -2.50. The molecule has 0 fully saturated rings. The molecule has 0 saturated heterocycles. The van der Waals surface area contributed by atoms with E-state index in [4.69, 9.17) is 4.74 Å². The smallest absolute Gasteiger partial charge is 0.410 e. The van der Waals surface area contributed by atoms with Gasteiger partial charge in [-0.2, -0.15) is 0 Å². The number of carbonyl (C=O) groups excluding carboxylic acids is 1. The Morgan fingerprint density at radius 1 is 1.23 bits per heavy atom. The molecule has 1 heterocycles. The van der Waals surface area contributed by atoms with Gasteiger partial charge in [-0.25, -0.2) is 4.79 Å². The summed E-state index contributed by atoms with van der Waals surface area (Å²) < 4.78 is 5.50. The van der Waals surface area contributed by atoms with Crippen LogP contribution in [0.3, 0.4) is 0 Å². The van der Waals surface area contributed by atoms with E-state index in [0.717, 1.165) is 19.5 Å². The molecule has 0 radical (unpaired) electrons. The van der Waals surface area contributed by atoms with E-state index in [9.17, 15) is 4.79 Å². The van der Waals surface area contributed by atoms with Gasteiger partial charge in [-0.05, 0) is 59.4 Å². The van der Waals surface area contributed by atoms with Crippen molar-refractivity contribution in [3.05, 3.63) is 22.4 Å². The topological polar surface area (TPSA) is 41.6 Å². The number of nitrogens with zero attached hydrogens (tertiary/aromatic N) is 1. The maximum Gasteiger partial charge on any atom is 0.410 e. The van der Waals surface area contributed by atoms with Crippen LogP contribution in [-0.2, 0) is 11.2 Å². The van der Waals surface area contributed by atoms with Crippen molar-refractivity contribution in [3.63, 3.8) is 0 Å². The van der Waals surface area contributed by atoms with Crippen molar-refractivity contribution >= 4 is 17.4 Å². The minimum atomic E-state index is -0.465. The van der Waals surface area contributed by atoms with Gasteiger partial charge in [0, 0.05) is 30.1 Å². The number of amides is 1. The highest BCUT2D eigenvalue weighted by Crippen LogP contribution is 2.18. The van der Waals surface area contributed by atoms with Crippen molar-refractivity contribution in [1.29, 1.82) is 0 Å². The molecule has 0 unspecified atom stereocenters. The van der Waals surface area contributed by atoms with Crippen LogP contribution in [0.1, 0.15) is 46.4 Å². The molecule has 0 saturated carbocycles. The second-order valence-electron chi connectivity index (χ2n) is 7.38. The lowest BCUT2D eigenvalue weighted by Gasteiger charge is -2.36. The zero-order valence-electron chi connectivity index (χ0n) is 14.7. The Bertz CT molecular complexity index is 444. The van der Waals surface area contributed by atoms with Crippen LogP contribution in [-0.4, -0.2) is 41.8 Å². The average molecular weight is 327 g/mol. The summed E-state index contributed by atoms with van der Waals surface area (Å²) in [7, 11) is 0. The first-order chi connectivity index (χ1) is 10.1. The molecule has 0 aliphatic heterocycles. The molecule has 1 N–H and O–H groups in total. The molecule has 4 nitrogen and oxygen atoms in total. The maximum absolute atomic E-state index is 12.3. The molecular weight excluding hydrogens is 296 g/mol. The van der Waals surface area contributed by atoms with Gasteiger partial charge in [-0.15, -0.1) is 11.3 Å². The van der Waals surface area contributed by atoms with E-state index >= 15 is 0 Å². The van der Waals surface area contributed by atoms with Crippen LogP contribution in [0.4, 0.5) is 4.79 Å². The van der Waals surface area contributed by atoms with Crippen molar-refractivity contribution in [3.8, 4) is 0 Å². The first-order valence-electron chi connectivity index (χ1n) is 7.83. The standard InChI is InChI=1S/C17H30N2O2S/c1-16(2,3)19(15(20)21-17(4,5)6)12-11-18-10-9-14-8-7-13-22-14/h7-8,13,18H,9-12H2,1-6H3. The minimum absolute atomic E-state index is 0.250. The van der Waals surface area contributed by atoms with E-state index in [1.807, 2.05) is 41.5 Å². The lowest BCUT2D eigenvalue weighted by molar-refractivity contribution is 0.00666. The van der Waals surface area contributed by atoms with Crippen molar-refractivity contribution < 1.29 is 9.53 Å². The third-order valence-corrected chi connectivity index (χ3v) is 4.00. The van der Waals surface area contributed by atoms with Crippen LogP contribution in [0, 0.1) is 0 Å². The number of carbonyl (C=O) groups is 1. The number of nitrogens with one attached hydrogen (secondary N) is 1. The lowest BCUT2D eigenvalue weighted by atomic mass is 10.1. The van der Waals surface area contributed by atoms with Gasteiger partial charge in [-0.3, -0.25) is 0 Å². The summed E-state index contributed by atoms with van der Waals surface area (Å²) in [5, 5.41) is 5.50. The Balaban J connectivity index is 2.40. The van der Waals surface area contributed by atoms with Gasteiger partial charge in [0.2, 0.25) is 0 Å². The first-order valence-corrected chi connectivity index (χ1v) is 8.71. The normalized spacial score (nSPS) is 12.3. The van der Waals surface area contributed by atoms with Gasteiger partial charge >= 0.3 is 6.09 Å². The van der Waals surface area contributed by atoms with Crippen LogP contribution < -0.4 is 5.32 Å². The molecule has 0 spiro atoms. The highest BCUT2D eigenvalue weighted by Gasteiger charge is 2.30. The van der Waals surface area contributed by atoms with Gasteiger partial charge in [0.25, 0.3) is 0 Å². The van der Waals surface area contributed by atoms with E-state index in [1.165, 1.54) is 4.88 Å². The fraction of sp³-hybridized carbons (Fsp3) is 0.706. The van der Waals surface area contributed by atoms with Gasteiger partial charge in [0.1, 0.15) is 5.60 Å². The largest absolute Gasteiger partial charge is 0.444 e. The second-order valence-corrected chi connectivity index (χ2v) is 8.41. The highest BCUT2D eigenvalue weighted by molar-refractivity contribution is 7.09. The number of ether oxygens (including phenoxy) is 1. The summed E-state index contributed by atoms with van der Waals surface area (Å²) in [6.07, 6.45) is 0.777. The van der Waals surface area contributed by atoms with Gasteiger partial charge in [-0.1, -0.05) is 6.07 Å². The first kappa shape index (κ1) is 19.0. The SMILES string of the molecule is CC(C)(C)OC(=O)N(CCNCCc1cccs1)C(C)(C)C. The third-order valence-electron chi connectivity index (χ3n) is 3.06. The van der Waals surface area contributed by atoms with Gasteiger partial charge in [0.15, 0.2) is 0 Å². The predicted octanol–water partition coefficient (Wildman–Crippen LogP) is 3.92. The Kier molecular flexibility index (Phi) is 6.88. The molecule has 1 aromatic rings. The van der Waals surface area contributed by atoms with Crippen molar-refractivity contribution in [2.75, 3.05) is 19.6 Å². The van der Waals surface area contributed by atoms with E-state index in [1.54, 1.807) is 16.2 Å². The summed E-state index contributed by atoms with van der Waals surface area (Å²) in [6, 6.07) is 4.22. The van der Waals surface area contributed by atoms with Crippen LogP contribution in [0.15, 0.2) is 17.5 Å². The van der Waals surface area contributed by atoms with Crippen molar-refractivity contribution in [2.45, 2.75) is 59.1 Å². The predicted molar refractivity (Wildman–Crippen MR) is 93.6 cm³/mol. The summed E-state index contributed by atoms with van der Waals surface area (Å²) in [6.45, 7) is 14.1. The number of thiophene rings is 1. The second kappa shape index (κ2) is 7.97. The average Bonchev–Trinajstić information content (AvgIpc) is 2.82. The van der Waals surface area contributed by atoms with Crippen molar-refractivity contribution in [2.24, 2.45) is 0 Å². The molecule has 1 rings (SSSR count). The maximum atomic E-state index is 12.3. The zero-order chi connectivity index (χ0) is 16.8. The highest BCUT2D eigenvalue weighted by atomic mass is 32.1. The summed E-state index contributed by atoms with van der Waals surface area (Å²) in [5.41, 5.74) is -0.717. The zero-order valence-corrected chi connectivity index (χ0v) is 15.5. The van der Waals surface area contributed by atoms with Gasteiger partial charge in [0.05, 0.1) is 0 Å². The molecule has 126 valence electrons. The molecule has 0 aromatic carbocycles. The Morgan fingerprint density at radius 2 is 1.91 bits per heavy atom. The number of hydrogen-bond donors (Lipinski definition) is 1. The minimum Gasteiger partial charge on any atom is -0.444 e. The van der Waals surface area contributed by atoms with Crippen LogP contribution in [0.2, 0.25) is 0 Å². The molecule has 0 aliphatic carbocycles. The van der Waals surface area contributed by atoms with Crippen LogP contribution >= 0.6 is 11.3 Å². The monoisotopic (exact) mass is 326 g/mol. The van der Waals surface area contributed by atoms with E-state index in [-0.39, 0.29) is 11.6 Å². The molecule has 0 bridgehead atoms. The quantitative estimate of drug-likeness (QED) is 0.806. The molecule has 1 amide bonds. The Labute approximate surface area is 138 Å². The van der Waals surface area contributed by atoms with E-state index < -0.39 is 5.60 Å². The molecule has 0 aliphatic rings. The molecular formula is C17H30N2O2S. The van der Waals surface area contributed by atoms with E-state index in [0.29, 0.717) is 6.54 Å². The Morgan fingerprint density at radius 3 is 2.41 bits per heavy atom. The van der Waals surface area contributed by atoms with E-state index in [2.05, 4.69) is 22.8 Å². The molecule has 22 heavy (non-hydrogen) atoms. The Hall–Kier alpha value is -1.07. The van der Waals surface area contributed by atoms with Gasteiger partial charge < -0.3 is 15.0 Å². The third kappa shape index (κ3) is 7.27. The van der Waals surface area contributed by atoms with Crippen LogP contribution in [0.25, 0.3) is 0 Å². The summed E-state index contributed by atoms with van der Waals surface area (Å²) >= 11 is 1.78. The van der Waals surface area contributed by atoms with Crippen molar-refractivity contribution in [1.82, 2.24) is 10.2 Å². The fourth-order valence-corrected chi connectivity index (χ4v) is 2.71. The number of hydrogen-bond acceptors (Lipinski definition) is 4. The fourth-order valence-electron chi connectivity index (χ4n) is 2.00. The number of rotatable bonds is 6. The summed E-state index contributed by atoms with van der Waals surface area (Å²) in [5.74, 6) is 0. The molecule has 0 atom stereocenters.